The molecule has 2 N–H and O–H groups in total. The Labute approximate surface area is 81.8 Å². The van der Waals surface area contributed by atoms with Gasteiger partial charge >= 0.3 is 0 Å². The zero-order chi connectivity index (χ0) is 10.7. The quantitative estimate of drug-likeness (QED) is 0.714. The van der Waals surface area contributed by atoms with Crippen LogP contribution in [0.25, 0.3) is 0 Å². The Morgan fingerprint density at radius 3 is 2.57 bits per heavy atom. The third-order valence-electron chi connectivity index (χ3n) is 1.96. The molecule has 0 aliphatic carbocycles. The number of phenols is 1. The second-order valence-corrected chi connectivity index (χ2v) is 2.95. The summed E-state index contributed by atoms with van der Waals surface area (Å²) < 4.78 is 4.83. The summed E-state index contributed by atoms with van der Waals surface area (Å²) in [4.78, 5) is 10.7. The molecule has 4 nitrogen and oxygen atoms in total. The molecule has 0 heterocycles. The van der Waals surface area contributed by atoms with E-state index < -0.39 is 6.10 Å². The molecule has 1 atom stereocenters. The van der Waals surface area contributed by atoms with Gasteiger partial charge in [-0.25, -0.2) is 0 Å². The van der Waals surface area contributed by atoms with Crippen molar-refractivity contribution in [2.75, 3.05) is 7.11 Å². The van der Waals surface area contributed by atoms with E-state index in [4.69, 9.17) is 4.74 Å². The Hall–Kier alpha value is -1.55. The van der Waals surface area contributed by atoms with Gasteiger partial charge < -0.3 is 14.9 Å². The number of methoxy groups -OCH3 is 1. The van der Waals surface area contributed by atoms with Gasteiger partial charge in [0.2, 0.25) is 0 Å². The Morgan fingerprint density at radius 2 is 2.14 bits per heavy atom. The van der Waals surface area contributed by atoms with Crippen LogP contribution in [0.3, 0.4) is 0 Å². The highest BCUT2D eigenvalue weighted by atomic mass is 16.5. The molecule has 0 saturated heterocycles. The van der Waals surface area contributed by atoms with Gasteiger partial charge in [-0.05, 0) is 24.6 Å². The van der Waals surface area contributed by atoms with E-state index >= 15 is 0 Å². The Balaban J connectivity index is 3.31. The van der Waals surface area contributed by atoms with Crippen LogP contribution >= 0.6 is 0 Å². The second-order valence-electron chi connectivity index (χ2n) is 2.95. The topological polar surface area (TPSA) is 66.8 Å². The normalized spacial score (nSPS) is 12.2. The molecule has 1 aromatic rings. The zero-order valence-corrected chi connectivity index (χ0v) is 8.02. The molecule has 76 valence electrons. The van der Waals surface area contributed by atoms with Gasteiger partial charge in [0.1, 0.15) is 0 Å². The lowest BCUT2D eigenvalue weighted by Crippen LogP contribution is -1.98. The third-order valence-corrected chi connectivity index (χ3v) is 1.96. The number of aromatic hydroxyl groups is 1. The number of carbonyl (C=O) groups is 1. The van der Waals surface area contributed by atoms with Crippen LogP contribution in [0.4, 0.5) is 0 Å². The number of phenolic OH excluding ortho intramolecular Hbond substituents is 1. The summed E-state index contributed by atoms with van der Waals surface area (Å²) in [6.45, 7) is 1.52. The summed E-state index contributed by atoms with van der Waals surface area (Å²) in [5, 5.41) is 18.7. The molecule has 0 amide bonds. The summed E-state index contributed by atoms with van der Waals surface area (Å²) in [6, 6.07) is 2.72. The van der Waals surface area contributed by atoms with Crippen LogP contribution in [-0.4, -0.2) is 23.6 Å². The molecule has 0 fully saturated rings. The van der Waals surface area contributed by atoms with Crippen molar-refractivity contribution in [2.24, 2.45) is 0 Å². The molecule has 14 heavy (non-hydrogen) atoms. The molecule has 0 saturated carbocycles. The van der Waals surface area contributed by atoms with Gasteiger partial charge in [0.25, 0.3) is 0 Å². The predicted octanol–water partition coefficient (Wildman–Crippen LogP) is 1.27. The standard InChI is InChI=1S/C10H12O4/c1-6(12)8-4-9(13)10(14-2)3-7(8)5-11/h3-6,12-13H,1-2H3. The van der Waals surface area contributed by atoms with E-state index in [0.29, 0.717) is 17.4 Å². The molecule has 1 unspecified atom stereocenters. The van der Waals surface area contributed by atoms with Crippen LogP contribution < -0.4 is 4.74 Å². The van der Waals surface area contributed by atoms with Crippen molar-refractivity contribution in [1.29, 1.82) is 0 Å². The first-order chi connectivity index (χ1) is 6.60. The van der Waals surface area contributed by atoms with Gasteiger partial charge in [-0.1, -0.05) is 0 Å². The molecule has 0 bridgehead atoms. The van der Waals surface area contributed by atoms with Crippen molar-refractivity contribution < 1.29 is 19.7 Å². The van der Waals surface area contributed by atoms with Crippen molar-refractivity contribution in [3.05, 3.63) is 23.3 Å². The van der Waals surface area contributed by atoms with Gasteiger partial charge in [0.05, 0.1) is 13.2 Å². The van der Waals surface area contributed by atoms with Crippen molar-refractivity contribution in [1.82, 2.24) is 0 Å². The molecular formula is C10H12O4. The summed E-state index contributed by atoms with van der Waals surface area (Å²) in [6.07, 6.45) is -0.184. The van der Waals surface area contributed by atoms with Crippen LogP contribution in [0.15, 0.2) is 12.1 Å². The molecule has 0 spiro atoms. The molecule has 0 aromatic heterocycles. The van der Waals surface area contributed by atoms with Crippen LogP contribution in [0, 0.1) is 0 Å². The lowest BCUT2D eigenvalue weighted by molar-refractivity contribution is 0.111. The van der Waals surface area contributed by atoms with Crippen molar-refractivity contribution >= 4 is 6.29 Å². The summed E-state index contributed by atoms with van der Waals surface area (Å²) in [7, 11) is 1.39. The predicted molar refractivity (Wildman–Crippen MR) is 50.7 cm³/mol. The SMILES string of the molecule is COc1cc(C=O)c(C(C)O)cc1O. The minimum absolute atomic E-state index is 0.0889. The van der Waals surface area contributed by atoms with Gasteiger partial charge in [-0.2, -0.15) is 0 Å². The van der Waals surface area contributed by atoms with E-state index in [1.807, 2.05) is 0 Å². The molecule has 0 radical (unpaired) electrons. The average molecular weight is 196 g/mol. The maximum atomic E-state index is 10.7. The van der Waals surface area contributed by atoms with Gasteiger partial charge in [0.15, 0.2) is 17.8 Å². The zero-order valence-electron chi connectivity index (χ0n) is 8.02. The monoisotopic (exact) mass is 196 g/mol. The molecule has 0 aliphatic heterocycles. The van der Waals surface area contributed by atoms with Crippen LogP contribution in [0.1, 0.15) is 28.9 Å². The van der Waals surface area contributed by atoms with Crippen LogP contribution in [-0.2, 0) is 0 Å². The molecule has 4 heteroatoms. The van der Waals surface area contributed by atoms with E-state index in [1.54, 1.807) is 0 Å². The Kier molecular flexibility index (Phi) is 3.09. The fourth-order valence-electron chi connectivity index (χ4n) is 1.23. The Morgan fingerprint density at radius 1 is 1.50 bits per heavy atom. The van der Waals surface area contributed by atoms with Crippen molar-refractivity contribution in [3.63, 3.8) is 0 Å². The molecule has 1 rings (SSSR count). The van der Waals surface area contributed by atoms with E-state index in [0.717, 1.165) is 0 Å². The largest absolute Gasteiger partial charge is 0.504 e. The second kappa shape index (κ2) is 4.11. The van der Waals surface area contributed by atoms with E-state index in [1.165, 1.54) is 26.2 Å². The smallest absolute Gasteiger partial charge is 0.161 e. The maximum absolute atomic E-state index is 10.7. The number of hydrogen-bond donors (Lipinski definition) is 2. The first kappa shape index (κ1) is 10.5. The molecule has 1 aromatic carbocycles. The van der Waals surface area contributed by atoms with Crippen molar-refractivity contribution in [3.8, 4) is 11.5 Å². The van der Waals surface area contributed by atoms with E-state index in [2.05, 4.69) is 0 Å². The minimum atomic E-state index is -0.799. The van der Waals surface area contributed by atoms with E-state index in [9.17, 15) is 15.0 Å². The fourth-order valence-corrected chi connectivity index (χ4v) is 1.23. The number of carbonyl (C=O) groups excluding carboxylic acids is 1. The maximum Gasteiger partial charge on any atom is 0.161 e. The summed E-state index contributed by atoms with van der Waals surface area (Å²) in [5.41, 5.74) is 0.702. The fraction of sp³-hybridized carbons (Fsp3) is 0.300. The third kappa shape index (κ3) is 1.85. The average Bonchev–Trinajstić information content (AvgIpc) is 2.17. The summed E-state index contributed by atoms with van der Waals surface area (Å²) in [5.74, 6) is 0.130. The molecule has 0 aliphatic rings. The highest BCUT2D eigenvalue weighted by Crippen LogP contribution is 2.31. The minimum Gasteiger partial charge on any atom is -0.504 e. The number of hydrogen-bond acceptors (Lipinski definition) is 4. The van der Waals surface area contributed by atoms with Crippen molar-refractivity contribution in [2.45, 2.75) is 13.0 Å². The lowest BCUT2D eigenvalue weighted by atomic mass is 10.0. The van der Waals surface area contributed by atoms with E-state index in [-0.39, 0.29) is 11.5 Å². The number of ether oxygens (including phenoxy) is 1. The lowest BCUT2D eigenvalue weighted by Gasteiger charge is -2.11. The summed E-state index contributed by atoms with van der Waals surface area (Å²) >= 11 is 0. The highest BCUT2D eigenvalue weighted by molar-refractivity contribution is 5.79. The highest BCUT2D eigenvalue weighted by Gasteiger charge is 2.12. The van der Waals surface area contributed by atoms with Gasteiger partial charge in [0, 0.05) is 5.56 Å². The number of aliphatic hydroxyl groups is 1. The Bertz CT molecular complexity index is 344. The first-order valence-corrected chi connectivity index (χ1v) is 4.14. The number of rotatable bonds is 3. The van der Waals surface area contributed by atoms with Crippen LogP contribution in [0.5, 0.6) is 11.5 Å². The van der Waals surface area contributed by atoms with Crippen LogP contribution in [0.2, 0.25) is 0 Å². The number of benzene rings is 1. The first-order valence-electron chi connectivity index (χ1n) is 4.14. The van der Waals surface area contributed by atoms with Gasteiger partial charge in [-0.3, -0.25) is 4.79 Å². The number of aliphatic hydroxyl groups excluding tert-OH is 1. The van der Waals surface area contributed by atoms with Gasteiger partial charge in [-0.15, -0.1) is 0 Å². The number of aldehydes is 1. The molecular weight excluding hydrogens is 184 g/mol.